The highest BCUT2D eigenvalue weighted by Gasteiger charge is 2.35. The van der Waals surface area contributed by atoms with Crippen LogP contribution in [0.15, 0.2) is 24.3 Å². The second kappa shape index (κ2) is 11.9. The molecule has 1 aliphatic rings. The summed E-state index contributed by atoms with van der Waals surface area (Å²) in [6.45, 7) is 3.01. The Hall–Kier alpha value is -2.59. The molecule has 10 heteroatoms. The molecule has 1 saturated carbocycles. The van der Waals surface area contributed by atoms with Gasteiger partial charge in [-0.3, -0.25) is 4.79 Å². The van der Waals surface area contributed by atoms with Gasteiger partial charge in [0.15, 0.2) is 11.5 Å². The standard InChI is InChI=1S/C22H36N3O7/c1-17(26)23(19-9-5-6-10-20(19)32-24(28)29)13-14-25(2,3)15-18(27)16-31-22-12-8-7-11-21(22)30-4/h7-8,11-12,18-20,27H,5-6,9-10,13-16H2,1-4H3/q+1. The van der Waals surface area contributed by atoms with Crippen molar-refractivity contribution in [1.29, 1.82) is 0 Å². The van der Waals surface area contributed by atoms with E-state index < -0.39 is 17.3 Å². The quantitative estimate of drug-likeness (QED) is 0.292. The number of para-hydroxylation sites is 2. The first-order chi connectivity index (χ1) is 15.1. The molecule has 10 nitrogen and oxygen atoms in total. The Bertz CT molecular complexity index is 759. The van der Waals surface area contributed by atoms with Crippen molar-refractivity contribution in [3.63, 3.8) is 0 Å². The number of nitrogens with zero attached hydrogens (tertiary/aromatic N) is 3. The van der Waals surface area contributed by atoms with Gasteiger partial charge in [-0.05, 0) is 25.0 Å². The third kappa shape index (κ3) is 7.83. The van der Waals surface area contributed by atoms with E-state index in [4.69, 9.17) is 14.3 Å². The number of likely N-dealkylation sites (N-methyl/N-ethyl adjacent to an activating group) is 1. The lowest BCUT2D eigenvalue weighted by molar-refractivity contribution is -0.892. The SMILES string of the molecule is COc1ccccc1OCC(O)C[N+](C)(C)CCN(C(C)=O)C1CCCCC1O[N+](=O)[O-]. The Morgan fingerprint density at radius 2 is 1.94 bits per heavy atom. The fourth-order valence-electron chi connectivity index (χ4n) is 4.24. The summed E-state index contributed by atoms with van der Waals surface area (Å²) in [6.07, 6.45) is 1.68. The molecule has 1 aromatic rings. The molecule has 3 atom stereocenters. The molecule has 32 heavy (non-hydrogen) atoms. The molecule has 2 rings (SSSR count). The highest BCUT2D eigenvalue weighted by molar-refractivity contribution is 5.73. The average molecular weight is 455 g/mol. The summed E-state index contributed by atoms with van der Waals surface area (Å²) < 4.78 is 11.4. The average Bonchev–Trinajstić information content (AvgIpc) is 2.72. The molecule has 1 aromatic carbocycles. The second-order valence-electron chi connectivity index (χ2n) is 8.89. The maximum atomic E-state index is 12.3. The van der Waals surface area contributed by atoms with Gasteiger partial charge in [0.05, 0.1) is 40.3 Å². The Morgan fingerprint density at radius 1 is 1.28 bits per heavy atom. The van der Waals surface area contributed by atoms with Gasteiger partial charge in [-0.2, -0.15) is 0 Å². The molecule has 0 spiro atoms. The lowest BCUT2D eigenvalue weighted by Gasteiger charge is -2.40. The normalized spacial score (nSPS) is 19.7. The van der Waals surface area contributed by atoms with Crippen molar-refractivity contribution in [2.45, 2.75) is 50.9 Å². The van der Waals surface area contributed by atoms with Gasteiger partial charge in [-0.25, -0.2) is 0 Å². The van der Waals surface area contributed by atoms with Crippen LogP contribution in [0, 0.1) is 10.1 Å². The molecule has 3 unspecified atom stereocenters. The first kappa shape index (κ1) is 25.7. The van der Waals surface area contributed by atoms with E-state index in [1.807, 2.05) is 26.2 Å². The minimum absolute atomic E-state index is 0.111. The summed E-state index contributed by atoms with van der Waals surface area (Å²) in [5, 5.41) is 20.6. The van der Waals surface area contributed by atoms with E-state index in [1.54, 1.807) is 24.1 Å². The Labute approximate surface area is 189 Å². The van der Waals surface area contributed by atoms with Crippen LogP contribution >= 0.6 is 0 Å². The van der Waals surface area contributed by atoms with Gasteiger partial charge < -0.3 is 28.8 Å². The van der Waals surface area contributed by atoms with Crippen molar-refractivity contribution in [3.8, 4) is 11.5 Å². The van der Waals surface area contributed by atoms with Crippen LogP contribution in [0.2, 0.25) is 0 Å². The van der Waals surface area contributed by atoms with E-state index in [9.17, 15) is 20.0 Å². The molecular formula is C22H36N3O7+. The Kier molecular flexibility index (Phi) is 9.52. The van der Waals surface area contributed by atoms with Crippen molar-refractivity contribution in [3.05, 3.63) is 34.4 Å². The van der Waals surface area contributed by atoms with Crippen LogP contribution in [0.4, 0.5) is 0 Å². The molecule has 1 N–H and O–H groups in total. The van der Waals surface area contributed by atoms with Crippen LogP contribution in [-0.4, -0.2) is 91.2 Å². The highest BCUT2D eigenvalue weighted by atomic mass is 17.0. The maximum Gasteiger partial charge on any atom is 0.294 e. The number of hydrogen-bond donors (Lipinski definition) is 1. The molecule has 0 aromatic heterocycles. The van der Waals surface area contributed by atoms with E-state index in [1.165, 1.54) is 6.92 Å². The number of aliphatic hydroxyl groups excluding tert-OH is 1. The maximum absolute atomic E-state index is 12.3. The number of quaternary nitrogens is 1. The minimum Gasteiger partial charge on any atom is -0.493 e. The van der Waals surface area contributed by atoms with Crippen LogP contribution in [-0.2, 0) is 9.63 Å². The summed E-state index contributed by atoms with van der Waals surface area (Å²) in [5.74, 6) is 1.04. The smallest absolute Gasteiger partial charge is 0.294 e. The molecule has 0 saturated heterocycles. The lowest BCUT2D eigenvalue weighted by atomic mass is 9.91. The van der Waals surface area contributed by atoms with Gasteiger partial charge in [0, 0.05) is 6.92 Å². The Morgan fingerprint density at radius 3 is 2.56 bits per heavy atom. The number of methoxy groups -OCH3 is 1. The zero-order chi connectivity index (χ0) is 23.7. The van der Waals surface area contributed by atoms with Crippen molar-refractivity contribution in [1.82, 2.24) is 4.90 Å². The van der Waals surface area contributed by atoms with Gasteiger partial charge in [0.1, 0.15) is 25.4 Å². The molecule has 1 amide bonds. The van der Waals surface area contributed by atoms with Crippen molar-refractivity contribution >= 4 is 5.91 Å². The fraction of sp³-hybridized carbons (Fsp3) is 0.682. The molecule has 180 valence electrons. The van der Waals surface area contributed by atoms with E-state index in [0.29, 0.717) is 48.5 Å². The highest BCUT2D eigenvalue weighted by Crippen LogP contribution is 2.27. The number of rotatable bonds is 12. The number of aliphatic hydroxyl groups is 1. The van der Waals surface area contributed by atoms with Crippen molar-refractivity contribution in [2.24, 2.45) is 0 Å². The van der Waals surface area contributed by atoms with Gasteiger partial charge >= 0.3 is 0 Å². The summed E-state index contributed by atoms with van der Waals surface area (Å²) in [6, 6.07) is 6.94. The van der Waals surface area contributed by atoms with E-state index >= 15 is 0 Å². The monoisotopic (exact) mass is 454 g/mol. The first-order valence-electron chi connectivity index (χ1n) is 11.0. The van der Waals surface area contributed by atoms with Crippen LogP contribution < -0.4 is 9.47 Å². The van der Waals surface area contributed by atoms with E-state index in [0.717, 1.165) is 12.8 Å². The van der Waals surface area contributed by atoms with Crippen molar-refractivity contribution in [2.75, 3.05) is 47.4 Å². The number of carbonyl (C=O) groups excluding carboxylic acids is 1. The van der Waals surface area contributed by atoms with Gasteiger partial charge in [-0.1, -0.05) is 25.0 Å². The zero-order valence-corrected chi connectivity index (χ0v) is 19.4. The fourth-order valence-corrected chi connectivity index (χ4v) is 4.24. The van der Waals surface area contributed by atoms with Crippen LogP contribution in [0.25, 0.3) is 0 Å². The second-order valence-corrected chi connectivity index (χ2v) is 8.89. The zero-order valence-electron chi connectivity index (χ0n) is 19.4. The van der Waals surface area contributed by atoms with Gasteiger partial charge in [0.25, 0.3) is 5.09 Å². The predicted octanol–water partition coefficient (Wildman–Crippen LogP) is 1.88. The third-order valence-electron chi connectivity index (χ3n) is 5.85. The lowest BCUT2D eigenvalue weighted by Crippen LogP contribution is -2.55. The summed E-state index contributed by atoms with van der Waals surface area (Å²) in [5.41, 5.74) is 0. The number of amides is 1. The van der Waals surface area contributed by atoms with Crippen LogP contribution in [0.5, 0.6) is 11.5 Å². The largest absolute Gasteiger partial charge is 0.493 e. The Balaban J connectivity index is 1.92. The first-order valence-corrected chi connectivity index (χ1v) is 11.0. The van der Waals surface area contributed by atoms with Crippen LogP contribution in [0.1, 0.15) is 32.6 Å². The summed E-state index contributed by atoms with van der Waals surface area (Å²) >= 11 is 0. The van der Waals surface area contributed by atoms with E-state index in [2.05, 4.69) is 0 Å². The minimum atomic E-state index is -0.764. The molecule has 0 radical (unpaired) electrons. The number of hydrogen-bond acceptors (Lipinski definition) is 7. The van der Waals surface area contributed by atoms with Crippen molar-refractivity contribution < 1.29 is 33.8 Å². The molecular weight excluding hydrogens is 418 g/mol. The van der Waals surface area contributed by atoms with Gasteiger partial charge in [0.2, 0.25) is 5.91 Å². The molecule has 1 aliphatic carbocycles. The molecule has 0 bridgehead atoms. The van der Waals surface area contributed by atoms with Gasteiger partial charge in [-0.15, -0.1) is 10.1 Å². The van der Waals surface area contributed by atoms with E-state index in [-0.39, 0.29) is 18.6 Å². The molecule has 1 fully saturated rings. The summed E-state index contributed by atoms with van der Waals surface area (Å²) in [7, 11) is 5.50. The molecule has 0 heterocycles. The predicted molar refractivity (Wildman–Crippen MR) is 118 cm³/mol. The topological polar surface area (TPSA) is 111 Å². The third-order valence-corrected chi connectivity index (χ3v) is 5.85. The molecule has 0 aliphatic heterocycles. The number of ether oxygens (including phenoxy) is 2. The number of benzene rings is 1. The summed E-state index contributed by atoms with van der Waals surface area (Å²) in [4.78, 5) is 29.8. The number of carbonyl (C=O) groups is 1. The van der Waals surface area contributed by atoms with Crippen LogP contribution in [0.3, 0.4) is 0 Å².